The van der Waals surface area contributed by atoms with Crippen LogP contribution in [0, 0.1) is 0 Å². The Morgan fingerprint density at radius 1 is 1.00 bits per heavy atom. The molecule has 0 saturated heterocycles. The second-order valence-electron chi connectivity index (χ2n) is 9.11. The largest absolute Gasteiger partial charge is 0.324 e. The molecule has 37 heavy (non-hydrogen) atoms. The Morgan fingerprint density at radius 2 is 1.70 bits per heavy atom. The molecule has 0 atom stereocenters. The van der Waals surface area contributed by atoms with E-state index in [1.165, 1.54) is 12.1 Å². The van der Waals surface area contributed by atoms with Crippen LogP contribution in [0.1, 0.15) is 40.2 Å². The Balaban J connectivity index is 1.80. The van der Waals surface area contributed by atoms with Crippen molar-refractivity contribution in [2.24, 2.45) is 0 Å². The van der Waals surface area contributed by atoms with Crippen molar-refractivity contribution in [2.75, 3.05) is 25.0 Å². The van der Waals surface area contributed by atoms with Crippen molar-refractivity contribution in [3.8, 4) is 22.5 Å². The van der Waals surface area contributed by atoms with E-state index in [0.29, 0.717) is 29.9 Å². The van der Waals surface area contributed by atoms with Crippen LogP contribution in [0.15, 0.2) is 64.3 Å². The summed E-state index contributed by atoms with van der Waals surface area (Å²) in [4.78, 5) is 52.6. The molecule has 0 aliphatic heterocycles. The smallest absolute Gasteiger partial charge is 0.250 e. The van der Waals surface area contributed by atoms with Crippen LogP contribution >= 0.6 is 0 Å². The number of nitrogens with one attached hydrogen (secondary N) is 2. The fraction of sp³-hybridized carbons (Fsp3) is 0.321. The van der Waals surface area contributed by atoms with Crippen molar-refractivity contribution in [2.45, 2.75) is 40.2 Å². The minimum absolute atomic E-state index is 0.0441. The molecule has 0 fully saturated rings. The van der Waals surface area contributed by atoms with Crippen molar-refractivity contribution in [3.63, 3.8) is 0 Å². The third kappa shape index (κ3) is 5.83. The van der Waals surface area contributed by atoms with Gasteiger partial charge in [-0.05, 0) is 33.0 Å². The third-order valence-corrected chi connectivity index (χ3v) is 6.30. The molecule has 3 aromatic heterocycles. The zero-order valence-electron chi connectivity index (χ0n) is 21.6. The maximum Gasteiger partial charge on any atom is 0.250 e. The first kappa shape index (κ1) is 26.0. The van der Waals surface area contributed by atoms with E-state index in [4.69, 9.17) is 9.97 Å². The molecule has 0 bridgehead atoms. The molecule has 0 radical (unpaired) electrons. The van der Waals surface area contributed by atoms with E-state index >= 15 is 0 Å². The predicted octanol–water partition coefficient (Wildman–Crippen LogP) is 4.07. The highest BCUT2D eigenvalue weighted by Crippen LogP contribution is 2.30. The number of aromatic nitrogens is 4. The summed E-state index contributed by atoms with van der Waals surface area (Å²) in [7, 11) is 0. The van der Waals surface area contributed by atoms with Gasteiger partial charge in [0.1, 0.15) is 5.82 Å². The van der Waals surface area contributed by atoms with Gasteiger partial charge in [0.25, 0.3) is 5.56 Å². The number of H-pyrrole nitrogens is 1. The molecule has 2 N–H and O–H groups in total. The molecule has 192 valence electrons. The summed E-state index contributed by atoms with van der Waals surface area (Å²) in [6, 6.07) is 14.0. The summed E-state index contributed by atoms with van der Waals surface area (Å²) in [5.74, 6) is 0.0853. The Hall–Kier alpha value is -4.11. The lowest BCUT2D eigenvalue weighted by molar-refractivity contribution is -0.116. The van der Waals surface area contributed by atoms with Gasteiger partial charge in [-0.2, -0.15) is 0 Å². The highest BCUT2D eigenvalue weighted by Gasteiger charge is 2.17. The quantitative estimate of drug-likeness (QED) is 0.358. The first-order valence-electron chi connectivity index (χ1n) is 12.6. The van der Waals surface area contributed by atoms with Crippen molar-refractivity contribution >= 4 is 22.9 Å². The fourth-order valence-corrected chi connectivity index (χ4v) is 4.18. The molecule has 4 rings (SSSR count). The van der Waals surface area contributed by atoms with Crippen LogP contribution in [0.2, 0.25) is 0 Å². The molecular weight excluding hydrogens is 468 g/mol. The average molecular weight is 501 g/mol. The molecule has 4 aromatic rings. The molecule has 0 spiro atoms. The summed E-state index contributed by atoms with van der Waals surface area (Å²) in [6.07, 6.45) is 2.06. The fourth-order valence-electron chi connectivity index (χ4n) is 4.18. The number of carbonyl (C=O) groups is 1. The second kappa shape index (κ2) is 11.3. The summed E-state index contributed by atoms with van der Waals surface area (Å²) in [5, 5.41) is 2.78. The number of amides is 1. The first-order chi connectivity index (χ1) is 17.8. The number of carbonyl (C=O) groups excluding carboxylic acids is 1. The maximum absolute atomic E-state index is 13.1. The van der Waals surface area contributed by atoms with E-state index in [9.17, 15) is 14.4 Å². The van der Waals surface area contributed by atoms with Crippen LogP contribution in [0.4, 0.5) is 5.82 Å². The number of anilines is 1. The van der Waals surface area contributed by atoms with Gasteiger partial charge >= 0.3 is 0 Å². The Labute approximate surface area is 215 Å². The normalized spacial score (nSPS) is 11.4. The first-order valence-corrected chi connectivity index (χ1v) is 12.6. The van der Waals surface area contributed by atoms with Crippen LogP contribution in [0.3, 0.4) is 0 Å². The zero-order valence-corrected chi connectivity index (χ0v) is 21.6. The van der Waals surface area contributed by atoms with Crippen LogP contribution < -0.4 is 16.3 Å². The number of hydrogen-bond donors (Lipinski definition) is 2. The number of nitrogens with zero attached hydrogens (tertiary/aromatic N) is 4. The minimum atomic E-state index is -0.363. The van der Waals surface area contributed by atoms with Crippen molar-refractivity contribution in [1.82, 2.24) is 24.4 Å². The number of pyridine rings is 2. The van der Waals surface area contributed by atoms with E-state index < -0.39 is 0 Å². The van der Waals surface area contributed by atoms with Gasteiger partial charge in [-0.25, -0.2) is 9.97 Å². The zero-order chi connectivity index (χ0) is 26.5. The van der Waals surface area contributed by atoms with E-state index in [1.807, 2.05) is 44.2 Å². The van der Waals surface area contributed by atoms with E-state index in [0.717, 1.165) is 18.7 Å². The summed E-state index contributed by atoms with van der Waals surface area (Å²) < 4.78 is 1.62. The number of rotatable bonds is 9. The SMILES string of the molecule is CCN(CC)CCC(=O)Nc1cc(=O)c2nc(-c3ccc(=O)n(C(C)C)c3)c(-c3ccccc3)nc2[nH]1. The lowest BCUT2D eigenvalue weighted by atomic mass is 10.0. The highest BCUT2D eigenvalue weighted by atomic mass is 16.2. The summed E-state index contributed by atoms with van der Waals surface area (Å²) in [6.45, 7) is 10.3. The molecule has 1 amide bonds. The van der Waals surface area contributed by atoms with E-state index in [1.54, 1.807) is 16.8 Å². The van der Waals surface area contributed by atoms with Crippen molar-refractivity contribution in [1.29, 1.82) is 0 Å². The molecule has 3 heterocycles. The monoisotopic (exact) mass is 500 g/mol. The number of aromatic amines is 1. The van der Waals surface area contributed by atoms with Gasteiger partial charge in [0.2, 0.25) is 11.3 Å². The van der Waals surface area contributed by atoms with Gasteiger partial charge in [0.05, 0.1) is 11.4 Å². The Morgan fingerprint density at radius 3 is 2.38 bits per heavy atom. The number of hydrogen-bond acceptors (Lipinski definition) is 6. The molecule has 9 heteroatoms. The third-order valence-electron chi connectivity index (χ3n) is 6.30. The van der Waals surface area contributed by atoms with E-state index in [2.05, 4.69) is 29.0 Å². The predicted molar refractivity (Wildman–Crippen MR) is 147 cm³/mol. The summed E-state index contributed by atoms with van der Waals surface area (Å²) in [5.41, 5.74) is 2.48. The number of benzene rings is 1. The van der Waals surface area contributed by atoms with Gasteiger partial charge in [0.15, 0.2) is 11.2 Å². The maximum atomic E-state index is 13.1. The van der Waals surface area contributed by atoms with Crippen molar-refractivity contribution in [3.05, 3.63) is 75.3 Å². The molecular formula is C28H32N6O3. The average Bonchev–Trinajstić information content (AvgIpc) is 2.89. The minimum Gasteiger partial charge on any atom is -0.324 e. The second-order valence-corrected chi connectivity index (χ2v) is 9.11. The van der Waals surface area contributed by atoms with Crippen LogP contribution in [0.5, 0.6) is 0 Å². The topological polar surface area (TPSA) is 113 Å². The number of fused-ring (bicyclic) bond motifs is 1. The Bertz CT molecular complexity index is 1520. The molecule has 1 aromatic carbocycles. The molecule has 0 saturated carbocycles. The highest BCUT2D eigenvalue weighted by molar-refractivity contribution is 5.91. The lowest BCUT2D eigenvalue weighted by Gasteiger charge is -2.17. The van der Waals surface area contributed by atoms with Crippen LogP contribution in [-0.2, 0) is 4.79 Å². The van der Waals surface area contributed by atoms with Crippen LogP contribution in [-0.4, -0.2) is 50.0 Å². The molecule has 0 aliphatic carbocycles. The van der Waals surface area contributed by atoms with Gasteiger partial charge < -0.3 is 19.8 Å². The van der Waals surface area contributed by atoms with Crippen molar-refractivity contribution < 1.29 is 4.79 Å². The van der Waals surface area contributed by atoms with Gasteiger partial charge in [0, 0.05) is 48.5 Å². The molecule has 0 unspecified atom stereocenters. The van der Waals surface area contributed by atoms with Crippen LogP contribution in [0.25, 0.3) is 33.7 Å². The van der Waals surface area contributed by atoms with E-state index in [-0.39, 0.29) is 39.9 Å². The van der Waals surface area contributed by atoms with Gasteiger partial charge in [-0.3, -0.25) is 14.4 Å². The Kier molecular flexibility index (Phi) is 7.93. The summed E-state index contributed by atoms with van der Waals surface area (Å²) >= 11 is 0. The van der Waals surface area contributed by atoms with Gasteiger partial charge in [-0.1, -0.05) is 44.2 Å². The molecule has 9 nitrogen and oxygen atoms in total. The van der Waals surface area contributed by atoms with Gasteiger partial charge in [-0.15, -0.1) is 0 Å². The molecule has 0 aliphatic rings. The standard InChI is InChI=1S/C28H32N6O3/c1-5-33(6-2)15-14-23(36)29-22-16-21(35)27-28(30-22)32-25(19-10-8-7-9-11-19)26(31-27)20-12-13-24(37)34(17-20)18(3)4/h7-13,16-18H,5-6,14-15H2,1-4H3,(H2,29,30,32,35,36). The lowest BCUT2D eigenvalue weighted by Crippen LogP contribution is -2.27.